The molecular weight excluding hydrogens is 450 g/mol. The van der Waals surface area contributed by atoms with Crippen molar-refractivity contribution in [1.82, 2.24) is 19.4 Å². The third kappa shape index (κ3) is 5.15. The van der Waals surface area contributed by atoms with E-state index in [1.165, 1.54) is 6.42 Å². The lowest BCUT2D eigenvalue weighted by atomic mass is 9.88. The summed E-state index contributed by atoms with van der Waals surface area (Å²) in [6.45, 7) is 5.01. The van der Waals surface area contributed by atoms with Gasteiger partial charge < -0.3 is 19.5 Å². The first-order chi connectivity index (χ1) is 16.4. The second kappa shape index (κ2) is 10.7. The molecule has 0 bridgehead atoms. The number of nitrogens with one attached hydrogen (secondary N) is 1. The average Bonchev–Trinajstić information content (AvgIpc) is 3.47. The molecule has 1 aliphatic carbocycles. The molecule has 9 heteroatoms. The van der Waals surface area contributed by atoms with E-state index in [2.05, 4.69) is 15.3 Å². The normalized spacial score (nSPS) is 15.4. The molecule has 34 heavy (non-hydrogen) atoms. The zero-order chi connectivity index (χ0) is 24.2. The molecule has 0 saturated heterocycles. The SMILES string of the molecule is COCCn1cnc2cc(NC(=O)C3CCCCC3)cc(C(=O)N(C)[C@@H](C)c3nc(C)cs3)c21. The summed E-state index contributed by atoms with van der Waals surface area (Å²) >= 11 is 1.55. The van der Waals surface area contributed by atoms with Gasteiger partial charge in [-0.2, -0.15) is 0 Å². The zero-order valence-electron chi connectivity index (χ0n) is 20.3. The van der Waals surface area contributed by atoms with E-state index >= 15 is 0 Å². The number of aryl methyl sites for hydroxylation is 1. The van der Waals surface area contributed by atoms with Gasteiger partial charge >= 0.3 is 0 Å². The molecule has 1 fully saturated rings. The number of anilines is 1. The molecule has 1 aromatic carbocycles. The van der Waals surface area contributed by atoms with Crippen LogP contribution in [0.1, 0.15) is 66.1 Å². The summed E-state index contributed by atoms with van der Waals surface area (Å²) in [4.78, 5) is 37.5. The van der Waals surface area contributed by atoms with Crippen molar-refractivity contribution in [3.63, 3.8) is 0 Å². The van der Waals surface area contributed by atoms with E-state index in [0.717, 1.165) is 41.9 Å². The number of thiazole rings is 1. The highest BCUT2D eigenvalue weighted by Gasteiger charge is 2.26. The molecule has 2 aromatic heterocycles. The van der Waals surface area contributed by atoms with Gasteiger partial charge in [-0.1, -0.05) is 19.3 Å². The predicted octanol–water partition coefficient (Wildman–Crippen LogP) is 4.80. The third-order valence-corrected chi connectivity index (χ3v) is 7.75. The molecule has 3 aromatic rings. The smallest absolute Gasteiger partial charge is 0.256 e. The molecule has 0 aliphatic heterocycles. The molecule has 1 atom stereocenters. The van der Waals surface area contributed by atoms with Gasteiger partial charge in [0.15, 0.2) is 0 Å². The predicted molar refractivity (Wildman–Crippen MR) is 134 cm³/mol. The maximum absolute atomic E-state index is 13.8. The van der Waals surface area contributed by atoms with Crippen molar-refractivity contribution < 1.29 is 14.3 Å². The van der Waals surface area contributed by atoms with Crippen molar-refractivity contribution in [2.45, 2.75) is 58.5 Å². The van der Waals surface area contributed by atoms with E-state index in [-0.39, 0.29) is 23.8 Å². The van der Waals surface area contributed by atoms with Crippen LogP contribution in [-0.4, -0.2) is 52.0 Å². The van der Waals surface area contributed by atoms with E-state index in [9.17, 15) is 9.59 Å². The first-order valence-electron chi connectivity index (χ1n) is 11.9. The van der Waals surface area contributed by atoms with Gasteiger partial charge in [0.2, 0.25) is 5.91 Å². The van der Waals surface area contributed by atoms with Gasteiger partial charge in [-0.3, -0.25) is 9.59 Å². The highest BCUT2D eigenvalue weighted by molar-refractivity contribution is 7.09. The topological polar surface area (TPSA) is 89.3 Å². The fourth-order valence-corrected chi connectivity index (χ4v) is 5.40. The minimum Gasteiger partial charge on any atom is -0.383 e. The molecule has 182 valence electrons. The maximum Gasteiger partial charge on any atom is 0.256 e. The van der Waals surface area contributed by atoms with Crippen LogP contribution in [0.15, 0.2) is 23.8 Å². The second-order valence-electron chi connectivity index (χ2n) is 9.07. The number of carbonyl (C=O) groups is 2. The standard InChI is InChI=1S/C25H33N5O3S/c1-16-14-34-24(27-16)17(2)29(3)25(32)20-12-19(28-23(31)18-8-6-5-7-9-18)13-21-22(20)30(15-26-21)10-11-33-4/h12-15,17-18H,5-11H2,1-4H3,(H,28,31)/t17-/m0/s1. The molecule has 8 nitrogen and oxygen atoms in total. The van der Waals surface area contributed by atoms with Crippen LogP contribution in [-0.2, 0) is 16.1 Å². The minimum atomic E-state index is -0.183. The van der Waals surface area contributed by atoms with Crippen molar-refractivity contribution >= 4 is 39.9 Å². The number of ether oxygens (including phenoxy) is 1. The molecule has 0 radical (unpaired) electrons. The van der Waals surface area contributed by atoms with Crippen LogP contribution in [0.25, 0.3) is 11.0 Å². The summed E-state index contributed by atoms with van der Waals surface area (Å²) < 4.78 is 7.18. The monoisotopic (exact) mass is 483 g/mol. The fraction of sp³-hybridized carbons (Fsp3) is 0.520. The number of fused-ring (bicyclic) bond motifs is 1. The van der Waals surface area contributed by atoms with Gasteiger partial charge in [0, 0.05) is 43.4 Å². The number of carbonyl (C=O) groups excluding carboxylic acids is 2. The van der Waals surface area contributed by atoms with Crippen LogP contribution < -0.4 is 5.32 Å². The summed E-state index contributed by atoms with van der Waals surface area (Å²) in [5.41, 5.74) is 3.47. The Morgan fingerprint density at radius 2 is 2.06 bits per heavy atom. The first-order valence-corrected chi connectivity index (χ1v) is 12.7. The lowest BCUT2D eigenvalue weighted by molar-refractivity contribution is -0.120. The van der Waals surface area contributed by atoms with Gasteiger partial charge in [-0.05, 0) is 38.8 Å². The number of imidazole rings is 1. The van der Waals surface area contributed by atoms with Gasteiger partial charge in [-0.25, -0.2) is 9.97 Å². The first kappa shape index (κ1) is 24.3. The van der Waals surface area contributed by atoms with E-state index < -0.39 is 0 Å². The van der Waals surface area contributed by atoms with Crippen LogP contribution in [0.2, 0.25) is 0 Å². The number of methoxy groups -OCH3 is 1. The fourth-order valence-electron chi connectivity index (χ4n) is 4.51. The van der Waals surface area contributed by atoms with Crippen molar-refractivity contribution in [3.8, 4) is 0 Å². The van der Waals surface area contributed by atoms with Gasteiger partial charge in [0.25, 0.3) is 5.91 Å². The lowest BCUT2D eigenvalue weighted by Gasteiger charge is -2.25. The summed E-state index contributed by atoms with van der Waals surface area (Å²) in [5.74, 6) is -0.0896. The number of benzene rings is 1. The minimum absolute atomic E-state index is 0.0243. The quantitative estimate of drug-likeness (QED) is 0.497. The summed E-state index contributed by atoms with van der Waals surface area (Å²) in [7, 11) is 3.44. The summed E-state index contributed by atoms with van der Waals surface area (Å²) in [6.07, 6.45) is 6.92. The molecule has 0 unspecified atom stereocenters. The van der Waals surface area contributed by atoms with Gasteiger partial charge in [0.05, 0.1) is 35.6 Å². The van der Waals surface area contributed by atoms with Crippen molar-refractivity contribution in [2.24, 2.45) is 5.92 Å². The van der Waals surface area contributed by atoms with Crippen molar-refractivity contribution in [2.75, 3.05) is 26.1 Å². The van der Waals surface area contributed by atoms with Crippen molar-refractivity contribution in [1.29, 1.82) is 0 Å². The van der Waals surface area contributed by atoms with Crippen LogP contribution in [0.5, 0.6) is 0 Å². The Hall–Kier alpha value is -2.78. The zero-order valence-corrected chi connectivity index (χ0v) is 21.2. The van der Waals surface area contributed by atoms with Crippen molar-refractivity contribution in [3.05, 3.63) is 40.1 Å². The molecule has 1 saturated carbocycles. The van der Waals surface area contributed by atoms with Crippen LogP contribution in [0.4, 0.5) is 5.69 Å². The number of hydrogen-bond donors (Lipinski definition) is 1. The summed E-state index contributed by atoms with van der Waals surface area (Å²) in [6, 6.07) is 3.45. The van der Waals surface area contributed by atoms with Crippen LogP contribution in [0, 0.1) is 12.8 Å². The van der Waals surface area contributed by atoms with Gasteiger partial charge in [0.1, 0.15) is 5.01 Å². The molecular formula is C25H33N5O3S. The van der Waals surface area contributed by atoms with E-state index in [0.29, 0.717) is 29.9 Å². The molecule has 0 spiro atoms. The van der Waals surface area contributed by atoms with Crippen LogP contribution >= 0.6 is 11.3 Å². The third-order valence-electron chi connectivity index (χ3n) is 6.62. The number of rotatable bonds is 8. The lowest BCUT2D eigenvalue weighted by Crippen LogP contribution is -2.30. The molecule has 1 aliphatic rings. The molecule has 2 amide bonds. The number of nitrogens with zero attached hydrogens (tertiary/aromatic N) is 4. The summed E-state index contributed by atoms with van der Waals surface area (Å²) in [5, 5.41) is 5.94. The van der Waals surface area contributed by atoms with E-state index in [1.54, 1.807) is 42.8 Å². The second-order valence-corrected chi connectivity index (χ2v) is 9.96. The Kier molecular flexibility index (Phi) is 7.63. The highest BCUT2D eigenvalue weighted by atomic mass is 32.1. The Balaban J connectivity index is 1.68. The van der Waals surface area contributed by atoms with Crippen LogP contribution in [0.3, 0.4) is 0 Å². The Bertz CT molecular complexity index is 1160. The number of amides is 2. The number of hydrogen-bond acceptors (Lipinski definition) is 6. The molecule has 1 N–H and O–H groups in total. The highest BCUT2D eigenvalue weighted by Crippen LogP contribution is 2.30. The molecule has 2 heterocycles. The maximum atomic E-state index is 13.8. The molecule has 4 rings (SSSR count). The van der Waals surface area contributed by atoms with E-state index in [4.69, 9.17) is 4.74 Å². The van der Waals surface area contributed by atoms with E-state index in [1.807, 2.05) is 29.9 Å². The average molecular weight is 484 g/mol. The Morgan fingerprint density at radius 3 is 2.74 bits per heavy atom. The number of aromatic nitrogens is 3. The van der Waals surface area contributed by atoms with Gasteiger partial charge in [-0.15, -0.1) is 11.3 Å². The Morgan fingerprint density at radius 1 is 1.29 bits per heavy atom. The Labute approximate surface area is 204 Å². The largest absolute Gasteiger partial charge is 0.383 e.